The zero-order valence-electron chi connectivity index (χ0n) is 7.85. The number of hydrogen-bond acceptors (Lipinski definition) is 3. The van der Waals surface area contributed by atoms with Gasteiger partial charge in [0.2, 0.25) is 0 Å². The maximum absolute atomic E-state index is 11.8. The maximum Gasteiger partial charge on any atom is 0.322 e. The molecule has 0 aromatic heterocycles. The topological polar surface area (TPSA) is 70.2 Å². The van der Waals surface area contributed by atoms with Crippen LogP contribution in [0.25, 0.3) is 0 Å². The highest BCUT2D eigenvalue weighted by Crippen LogP contribution is 2.50. The molecule has 14 heavy (non-hydrogen) atoms. The first kappa shape index (κ1) is 8.23. The molecule has 1 saturated carbocycles. The van der Waals surface area contributed by atoms with Crippen molar-refractivity contribution >= 4 is 11.9 Å². The first-order valence-corrected chi connectivity index (χ1v) is 5.03. The number of fused-ring (bicyclic) bond motifs is 1. The van der Waals surface area contributed by atoms with Gasteiger partial charge in [0.25, 0.3) is 5.91 Å². The van der Waals surface area contributed by atoms with Gasteiger partial charge in [-0.25, -0.2) is 4.79 Å². The van der Waals surface area contributed by atoms with Crippen molar-refractivity contribution < 1.29 is 9.59 Å². The SMILES string of the molecule is O=C1NC(=O)C2(CCCC23CNC3)N1. The van der Waals surface area contributed by atoms with Crippen molar-refractivity contribution in [2.24, 2.45) is 5.41 Å². The summed E-state index contributed by atoms with van der Waals surface area (Å²) in [5, 5.41) is 8.39. The average molecular weight is 195 g/mol. The van der Waals surface area contributed by atoms with E-state index < -0.39 is 5.54 Å². The standard InChI is InChI=1S/C9H13N3O2/c13-6-9(12-7(14)11-6)3-1-2-8(9)4-10-5-8/h10H,1-5H2,(H2,11,12,13,14). The van der Waals surface area contributed by atoms with Crippen molar-refractivity contribution in [3.8, 4) is 0 Å². The number of hydrogen-bond donors (Lipinski definition) is 3. The van der Waals surface area contributed by atoms with Crippen LogP contribution in [0.1, 0.15) is 19.3 Å². The molecule has 3 fully saturated rings. The second kappa shape index (κ2) is 2.28. The van der Waals surface area contributed by atoms with Crippen LogP contribution < -0.4 is 16.0 Å². The van der Waals surface area contributed by atoms with Crippen molar-refractivity contribution in [3.05, 3.63) is 0 Å². The number of amides is 3. The summed E-state index contributed by atoms with van der Waals surface area (Å²) in [4.78, 5) is 23.0. The van der Waals surface area contributed by atoms with E-state index in [0.29, 0.717) is 0 Å². The summed E-state index contributed by atoms with van der Waals surface area (Å²) in [5.41, 5.74) is -0.613. The highest BCUT2D eigenvalue weighted by Gasteiger charge is 2.65. The Labute approximate surface area is 81.6 Å². The van der Waals surface area contributed by atoms with Crippen molar-refractivity contribution in [2.75, 3.05) is 13.1 Å². The summed E-state index contributed by atoms with van der Waals surface area (Å²) in [7, 11) is 0. The van der Waals surface area contributed by atoms with Crippen LogP contribution in [0.15, 0.2) is 0 Å². The van der Waals surface area contributed by atoms with Crippen LogP contribution in [-0.2, 0) is 4.79 Å². The van der Waals surface area contributed by atoms with Gasteiger partial charge in [-0.2, -0.15) is 0 Å². The minimum Gasteiger partial charge on any atom is -0.323 e. The Balaban J connectivity index is 2.02. The fourth-order valence-electron chi connectivity index (χ4n) is 3.12. The van der Waals surface area contributed by atoms with Gasteiger partial charge in [0.15, 0.2) is 0 Å². The summed E-state index contributed by atoms with van der Waals surface area (Å²) in [6, 6.07) is -0.330. The molecular weight excluding hydrogens is 182 g/mol. The quantitative estimate of drug-likeness (QED) is 0.449. The first-order chi connectivity index (χ1) is 6.69. The molecule has 0 radical (unpaired) electrons. The number of rotatable bonds is 0. The predicted molar refractivity (Wildman–Crippen MR) is 48.6 cm³/mol. The molecule has 2 heterocycles. The van der Waals surface area contributed by atoms with Gasteiger partial charge < -0.3 is 10.6 Å². The van der Waals surface area contributed by atoms with Crippen LogP contribution in [0.2, 0.25) is 0 Å². The summed E-state index contributed by atoms with van der Waals surface area (Å²) >= 11 is 0. The Morgan fingerprint density at radius 1 is 1.14 bits per heavy atom. The zero-order valence-corrected chi connectivity index (χ0v) is 7.85. The second-order valence-corrected chi connectivity index (χ2v) is 4.55. The molecule has 3 N–H and O–H groups in total. The van der Waals surface area contributed by atoms with Gasteiger partial charge >= 0.3 is 6.03 Å². The Bertz CT molecular complexity index is 324. The second-order valence-electron chi connectivity index (χ2n) is 4.55. The maximum atomic E-state index is 11.8. The molecule has 5 heteroatoms. The summed E-state index contributed by atoms with van der Waals surface area (Å²) in [6.07, 6.45) is 2.84. The molecule has 1 aliphatic carbocycles. The molecular formula is C9H13N3O2. The van der Waals surface area contributed by atoms with E-state index >= 15 is 0 Å². The molecule has 0 bridgehead atoms. The predicted octanol–water partition coefficient (Wildman–Crippen LogP) is -0.662. The molecule has 3 amide bonds. The monoisotopic (exact) mass is 195 g/mol. The number of urea groups is 1. The first-order valence-electron chi connectivity index (χ1n) is 5.03. The summed E-state index contributed by atoms with van der Waals surface area (Å²) < 4.78 is 0. The van der Waals surface area contributed by atoms with E-state index in [1.165, 1.54) is 0 Å². The molecule has 3 aliphatic rings. The normalized spacial score (nSPS) is 38.6. The smallest absolute Gasteiger partial charge is 0.322 e. The van der Waals surface area contributed by atoms with Crippen LogP contribution in [-0.4, -0.2) is 30.6 Å². The van der Waals surface area contributed by atoms with E-state index in [0.717, 1.165) is 32.4 Å². The van der Waals surface area contributed by atoms with Crippen LogP contribution >= 0.6 is 0 Å². The molecule has 0 aromatic carbocycles. The Hall–Kier alpha value is -1.10. The number of imide groups is 1. The molecule has 5 nitrogen and oxygen atoms in total. The fraction of sp³-hybridized carbons (Fsp3) is 0.778. The lowest BCUT2D eigenvalue weighted by Gasteiger charge is -2.48. The summed E-state index contributed by atoms with van der Waals surface area (Å²) in [6.45, 7) is 1.70. The molecule has 1 atom stereocenters. The van der Waals surface area contributed by atoms with Gasteiger partial charge in [-0.1, -0.05) is 0 Å². The van der Waals surface area contributed by atoms with Gasteiger partial charge in [-0.05, 0) is 19.3 Å². The number of carbonyl (C=O) groups excluding carboxylic acids is 2. The molecule has 0 aromatic rings. The van der Waals surface area contributed by atoms with Crippen LogP contribution in [0.4, 0.5) is 4.79 Å². The molecule has 2 aliphatic heterocycles. The van der Waals surface area contributed by atoms with Gasteiger partial charge in [0.1, 0.15) is 5.54 Å². The van der Waals surface area contributed by atoms with Crippen molar-refractivity contribution in [1.82, 2.24) is 16.0 Å². The van der Waals surface area contributed by atoms with Crippen molar-refractivity contribution in [3.63, 3.8) is 0 Å². The minimum atomic E-state index is -0.602. The Morgan fingerprint density at radius 2 is 1.93 bits per heavy atom. The lowest BCUT2D eigenvalue weighted by Crippen LogP contribution is -2.69. The zero-order chi connectivity index (χ0) is 9.81. The molecule has 3 rings (SSSR count). The summed E-state index contributed by atoms with van der Waals surface area (Å²) in [5.74, 6) is -0.124. The third-order valence-corrected chi connectivity index (χ3v) is 3.98. The van der Waals surface area contributed by atoms with Gasteiger partial charge in [0.05, 0.1) is 0 Å². The average Bonchev–Trinajstić information content (AvgIpc) is 2.54. The van der Waals surface area contributed by atoms with Crippen LogP contribution in [0.3, 0.4) is 0 Å². The van der Waals surface area contributed by atoms with Gasteiger partial charge in [-0.3, -0.25) is 10.1 Å². The van der Waals surface area contributed by atoms with Crippen molar-refractivity contribution in [1.29, 1.82) is 0 Å². The minimum absolute atomic E-state index is 0.0107. The molecule has 2 saturated heterocycles. The number of nitrogens with one attached hydrogen (secondary N) is 3. The van der Waals surface area contributed by atoms with Crippen molar-refractivity contribution in [2.45, 2.75) is 24.8 Å². The third-order valence-electron chi connectivity index (χ3n) is 3.98. The lowest BCUT2D eigenvalue weighted by molar-refractivity contribution is -0.129. The fourth-order valence-corrected chi connectivity index (χ4v) is 3.12. The van der Waals surface area contributed by atoms with Gasteiger partial charge in [-0.15, -0.1) is 0 Å². The van der Waals surface area contributed by atoms with Crippen LogP contribution in [0, 0.1) is 5.41 Å². The lowest BCUT2D eigenvalue weighted by atomic mass is 9.67. The highest BCUT2D eigenvalue weighted by atomic mass is 16.2. The van der Waals surface area contributed by atoms with E-state index in [1.54, 1.807) is 0 Å². The third kappa shape index (κ3) is 0.706. The molecule has 76 valence electrons. The van der Waals surface area contributed by atoms with Crippen LogP contribution in [0.5, 0.6) is 0 Å². The van der Waals surface area contributed by atoms with E-state index in [2.05, 4.69) is 16.0 Å². The molecule has 1 unspecified atom stereocenters. The van der Waals surface area contributed by atoms with E-state index in [1.807, 2.05) is 0 Å². The van der Waals surface area contributed by atoms with E-state index in [9.17, 15) is 9.59 Å². The van der Waals surface area contributed by atoms with E-state index in [4.69, 9.17) is 0 Å². The Morgan fingerprint density at radius 3 is 2.43 bits per heavy atom. The van der Waals surface area contributed by atoms with Gasteiger partial charge in [0, 0.05) is 18.5 Å². The molecule has 2 spiro atoms. The Kier molecular flexibility index (Phi) is 1.34. The number of carbonyl (C=O) groups is 2. The van der Waals surface area contributed by atoms with E-state index in [-0.39, 0.29) is 17.4 Å². The highest BCUT2D eigenvalue weighted by molar-refractivity contribution is 6.08. The largest absolute Gasteiger partial charge is 0.323 e.